The van der Waals surface area contributed by atoms with Crippen LogP contribution in [0, 0.1) is 0 Å². The minimum absolute atomic E-state index is 0.352. The molecule has 4 heteroatoms. The first-order valence-electron chi connectivity index (χ1n) is 7.94. The summed E-state index contributed by atoms with van der Waals surface area (Å²) in [5.41, 5.74) is 3.39. The van der Waals surface area contributed by atoms with Crippen LogP contribution in [0.5, 0.6) is 0 Å². The van der Waals surface area contributed by atoms with Crippen molar-refractivity contribution in [2.24, 2.45) is 0 Å². The molecule has 1 aromatic heterocycles. The molecule has 1 saturated carbocycles. The number of hydrogen-bond acceptors (Lipinski definition) is 3. The van der Waals surface area contributed by atoms with E-state index >= 15 is 0 Å². The smallest absolute Gasteiger partial charge is 0.337 e. The van der Waals surface area contributed by atoms with Gasteiger partial charge in [-0.15, -0.1) is 0 Å². The molecule has 1 aliphatic rings. The van der Waals surface area contributed by atoms with Gasteiger partial charge in [0.05, 0.1) is 23.4 Å². The molecule has 3 nitrogen and oxygen atoms in total. The molecule has 1 fully saturated rings. The molecule has 0 atom stereocenters. The molecule has 0 unspecified atom stereocenters. The first kappa shape index (κ1) is 15.2. The normalized spacial score (nSPS) is 13.9. The van der Waals surface area contributed by atoms with Crippen molar-refractivity contribution in [1.29, 1.82) is 0 Å². The van der Waals surface area contributed by atoms with E-state index < -0.39 is 0 Å². The van der Waals surface area contributed by atoms with Crippen LogP contribution in [-0.4, -0.2) is 18.1 Å². The van der Waals surface area contributed by atoms with E-state index in [0.717, 1.165) is 22.0 Å². The van der Waals surface area contributed by atoms with Gasteiger partial charge in [-0.2, -0.15) is 0 Å². The summed E-state index contributed by atoms with van der Waals surface area (Å²) >= 11 is 6.51. The largest absolute Gasteiger partial charge is 0.465 e. The van der Waals surface area contributed by atoms with Gasteiger partial charge in [0.1, 0.15) is 0 Å². The van der Waals surface area contributed by atoms with Gasteiger partial charge in [0.2, 0.25) is 0 Å². The van der Waals surface area contributed by atoms with Crippen molar-refractivity contribution < 1.29 is 9.53 Å². The Balaban J connectivity index is 1.87. The van der Waals surface area contributed by atoms with E-state index in [2.05, 4.69) is 4.98 Å². The topological polar surface area (TPSA) is 39.2 Å². The standard InChI is InChI=1S/C20H16ClNO2/c1-24-20(23)14-8-7-13-3-2-4-16(17(13)9-14)19-18(21)10-15(11-22-19)12-5-6-12/h2-4,7-12H,5-6H2,1H3. The third-order valence-corrected chi connectivity index (χ3v) is 4.76. The minimum Gasteiger partial charge on any atom is -0.465 e. The fraction of sp³-hybridized carbons (Fsp3) is 0.200. The van der Waals surface area contributed by atoms with Gasteiger partial charge in [-0.3, -0.25) is 4.98 Å². The highest BCUT2D eigenvalue weighted by atomic mass is 35.5. The van der Waals surface area contributed by atoms with Crippen molar-refractivity contribution in [2.75, 3.05) is 7.11 Å². The number of rotatable bonds is 3. The maximum absolute atomic E-state index is 11.8. The Morgan fingerprint density at radius 3 is 2.75 bits per heavy atom. The predicted molar refractivity (Wildman–Crippen MR) is 95.5 cm³/mol. The molecule has 3 aromatic rings. The fourth-order valence-electron chi connectivity index (χ4n) is 3.01. The average Bonchev–Trinajstić information content (AvgIpc) is 3.45. The molecule has 0 N–H and O–H groups in total. The summed E-state index contributed by atoms with van der Waals surface area (Å²) in [6, 6.07) is 13.5. The molecule has 1 heterocycles. The molecular formula is C20H16ClNO2. The third-order valence-electron chi connectivity index (χ3n) is 4.47. The number of aromatic nitrogens is 1. The summed E-state index contributed by atoms with van der Waals surface area (Å²) in [4.78, 5) is 16.4. The van der Waals surface area contributed by atoms with Crippen LogP contribution >= 0.6 is 11.6 Å². The van der Waals surface area contributed by atoms with E-state index in [9.17, 15) is 4.79 Å². The van der Waals surface area contributed by atoms with Crippen LogP contribution in [0.15, 0.2) is 48.7 Å². The summed E-state index contributed by atoms with van der Waals surface area (Å²) in [6.45, 7) is 0. The number of pyridine rings is 1. The molecule has 1 aliphatic carbocycles. The van der Waals surface area contributed by atoms with Crippen LogP contribution in [0.1, 0.15) is 34.7 Å². The van der Waals surface area contributed by atoms with Gasteiger partial charge in [-0.25, -0.2) is 4.79 Å². The molecule has 0 saturated heterocycles. The zero-order valence-corrected chi connectivity index (χ0v) is 14.0. The molecule has 24 heavy (non-hydrogen) atoms. The highest BCUT2D eigenvalue weighted by Crippen LogP contribution is 2.42. The maximum atomic E-state index is 11.8. The van der Waals surface area contributed by atoms with Crippen LogP contribution in [0.25, 0.3) is 22.0 Å². The number of nitrogens with zero attached hydrogens (tertiary/aromatic N) is 1. The second-order valence-corrected chi connectivity index (χ2v) is 6.51. The second kappa shape index (κ2) is 5.91. The third kappa shape index (κ3) is 2.65. The van der Waals surface area contributed by atoms with Crippen molar-refractivity contribution in [2.45, 2.75) is 18.8 Å². The lowest BCUT2D eigenvalue weighted by atomic mass is 9.99. The SMILES string of the molecule is COC(=O)c1ccc2cccc(-c3ncc(C4CC4)cc3Cl)c2c1. The lowest BCUT2D eigenvalue weighted by Crippen LogP contribution is -2.00. The van der Waals surface area contributed by atoms with E-state index in [0.29, 0.717) is 16.5 Å². The van der Waals surface area contributed by atoms with Crippen LogP contribution in [-0.2, 0) is 4.74 Å². The van der Waals surface area contributed by atoms with Crippen molar-refractivity contribution in [1.82, 2.24) is 4.98 Å². The molecule has 120 valence electrons. The van der Waals surface area contributed by atoms with Gasteiger partial charge in [0.25, 0.3) is 0 Å². The molecule has 2 aromatic carbocycles. The van der Waals surface area contributed by atoms with Crippen molar-refractivity contribution >= 4 is 28.3 Å². The second-order valence-electron chi connectivity index (χ2n) is 6.11. The maximum Gasteiger partial charge on any atom is 0.337 e. The van der Waals surface area contributed by atoms with E-state index in [4.69, 9.17) is 16.3 Å². The number of benzene rings is 2. The highest BCUT2D eigenvalue weighted by Gasteiger charge is 2.24. The quantitative estimate of drug-likeness (QED) is 0.615. The molecular weight excluding hydrogens is 322 g/mol. The lowest BCUT2D eigenvalue weighted by Gasteiger charge is -2.10. The Morgan fingerprint density at radius 2 is 2.04 bits per heavy atom. The van der Waals surface area contributed by atoms with Crippen LogP contribution in [0.4, 0.5) is 0 Å². The van der Waals surface area contributed by atoms with E-state index in [-0.39, 0.29) is 5.97 Å². The van der Waals surface area contributed by atoms with Gasteiger partial charge in [-0.05, 0) is 53.3 Å². The van der Waals surface area contributed by atoms with E-state index in [1.165, 1.54) is 25.5 Å². The van der Waals surface area contributed by atoms with Crippen molar-refractivity contribution in [3.8, 4) is 11.3 Å². The highest BCUT2D eigenvalue weighted by molar-refractivity contribution is 6.33. The molecule has 0 spiro atoms. The number of ether oxygens (including phenoxy) is 1. The van der Waals surface area contributed by atoms with Gasteiger partial charge in [0, 0.05) is 11.8 Å². The van der Waals surface area contributed by atoms with Crippen LogP contribution in [0.3, 0.4) is 0 Å². The summed E-state index contributed by atoms with van der Waals surface area (Å²) in [5, 5.41) is 2.62. The Morgan fingerprint density at radius 1 is 1.21 bits per heavy atom. The number of fused-ring (bicyclic) bond motifs is 1. The molecule has 0 radical (unpaired) electrons. The summed E-state index contributed by atoms with van der Waals surface area (Å²) in [5.74, 6) is 0.261. The predicted octanol–water partition coefficient (Wildman–Crippen LogP) is 5.22. The van der Waals surface area contributed by atoms with Crippen molar-refractivity contribution in [3.63, 3.8) is 0 Å². The van der Waals surface area contributed by atoms with Gasteiger partial charge >= 0.3 is 5.97 Å². The van der Waals surface area contributed by atoms with Crippen LogP contribution in [0.2, 0.25) is 5.02 Å². The zero-order valence-electron chi connectivity index (χ0n) is 13.3. The van der Waals surface area contributed by atoms with E-state index in [1.807, 2.05) is 42.6 Å². The zero-order chi connectivity index (χ0) is 16.7. The van der Waals surface area contributed by atoms with Gasteiger partial charge in [0.15, 0.2) is 0 Å². The monoisotopic (exact) mass is 337 g/mol. The minimum atomic E-state index is -0.352. The lowest BCUT2D eigenvalue weighted by molar-refractivity contribution is 0.0601. The number of carbonyl (C=O) groups is 1. The number of methoxy groups -OCH3 is 1. The first-order chi connectivity index (χ1) is 11.7. The number of halogens is 1. The fourth-order valence-corrected chi connectivity index (χ4v) is 3.29. The molecule has 0 aliphatic heterocycles. The summed E-state index contributed by atoms with van der Waals surface area (Å²) in [6.07, 6.45) is 4.35. The van der Waals surface area contributed by atoms with Gasteiger partial charge in [-0.1, -0.05) is 35.9 Å². The molecule has 4 rings (SSSR count). The van der Waals surface area contributed by atoms with Crippen LogP contribution < -0.4 is 0 Å². The molecule has 0 bridgehead atoms. The van der Waals surface area contributed by atoms with Crippen molar-refractivity contribution in [3.05, 3.63) is 64.8 Å². The number of hydrogen-bond donors (Lipinski definition) is 0. The Hall–Kier alpha value is -2.39. The Kier molecular flexibility index (Phi) is 3.73. The summed E-state index contributed by atoms with van der Waals surface area (Å²) < 4.78 is 4.82. The summed E-state index contributed by atoms with van der Waals surface area (Å²) in [7, 11) is 1.38. The Labute approximate surface area is 145 Å². The molecule has 0 amide bonds. The van der Waals surface area contributed by atoms with E-state index in [1.54, 1.807) is 6.07 Å². The van der Waals surface area contributed by atoms with Gasteiger partial charge < -0.3 is 4.74 Å². The Bertz CT molecular complexity index is 948. The first-order valence-corrected chi connectivity index (χ1v) is 8.32. The average molecular weight is 338 g/mol. The number of esters is 1. The number of carbonyl (C=O) groups excluding carboxylic acids is 1.